The molecule has 1 fully saturated rings. The van der Waals surface area contributed by atoms with Crippen molar-refractivity contribution in [2.45, 2.75) is 19.9 Å². The van der Waals surface area contributed by atoms with Crippen molar-refractivity contribution in [1.29, 1.82) is 0 Å². The molecule has 1 saturated carbocycles. The molecule has 1 N–H and O–H groups in total. The molecule has 1 aromatic rings. The van der Waals surface area contributed by atoms with Crippen LogP contribution >= 0.6 is 0 Å². The standard InChI is InChI=1S/C6H10N4O/c1-3-4(2)5(3)10-6(11)7-8-9-10/h3-5H,1-2H3,(H,7,9,11). The van der Waals surface area contributed by atoms with Crippen LogP contribution in [0.4, 0.5) is 0 Å². The number of H-pyrrole nitrogens is 1. The molecule has 2 unspecified atom stereocenters. The molecule has 2 rings (SSSR count). The molecule has 0 radical (unpaired) electrons. The first-order valence-corrected chi connectivity index (χ1v) is 3.71. The van der Waals surface area contributed by atoms with Crippen LogP contribution in [0.15, 0.2) is 4.79 Å². The fraction of sp³-hybridized carbons (Fsp3) is 0.833. The Bertz CT molecular complexity index is 306. The van der Waals surface area contributed by atoms with Crippen molar-refractivity contribution in [2.75, 3.05) is 0 Å². The maximum absolute atomic E-state index is 11.0. The lowest BCUT2D eigenvalue weighted by molar-refractivity contribution is 0.550. The van der Waals surface area contributed by atoms with Crippen molar-refractivity contribution in [3.63, 3.8) is 0 Å². The smallest absolute Gasteiger partial charge is 0.245 e. The van der Waals surface area contributed by atoms with E-state index in [4.69, 9.17) is 0 Å². The number of hydrogen-bond donors (Lipinski definition) is 1. The van der Waals surface area contributed by atoms with Gasteiger partial charge in [-0.3, -0.25) is 0 Å². The second-order valence-corrected chi connectivity index (χ2v) is 3.16. The van der Waals surface area contributed by atoms with E-state index >= 15 is 0 Å². The van der Waals surface area contributed by atoms with E-state index in [1.807, 2.05) is 0 Å². The van der Waals surface area contributed by atoms with Crippen LogP contribution in [-0.2, 0) is 0 Å². The summed E-state index contributed by atoms with van der Waals surface area (Å²) in [6.45, 7) is 4.22. The summed E-state index contributed by atoms with van der Waals surface area (Å²) in [6, 6.07) is 0.265. The van der Waals surface area contributed by atoms with Crippen LogP contribution in [0.5, 0.6) is 0 Å². The lowest BCUT2D eigenvalue weighted by Crippen LogP contribution is -2.17. The lowest BCUT2D eigenvalue weighted by atomic mass is 10.4. The molecule has 1 aliphatic carbocycles. The number of nitrogens with one attached hydrogen (secondary N) is 1. The summed E-state index contributed by atoms with van der Waals surface area (Å²) in [7, 11) is 0. The van der Waals surface area contributed by atoms with Crippen LogP contribution in [0.2, 0.25) is 0 Å². The summed E-state index contributed by atoms with van der Waals surface area (Å²) in [6.07, 6.45) is 0. The third-order valence-corrected chi connectivity index (χ3v) is 2.54. The number of hydrogen-bond acceptors (Lipinski definition) is 3. The summed E-state index contributed by atoms with van der Waals surface area (Å²) >= 11 is 0. The minimum atomic E-state index is -0.203. The van der Waals surface area contributed by atoms with E-state index in [0.29, 0.717) is 11.8 Å². The quantitative estimate of drug-likeness (QED) is 0.609. The maximum Gasteiger partial charge on any atom is 0.361 e. The highest BCUT2D eigenvalue weighted by atomic mass is 16.2. The second-order valence-electron chi connectivity index (χ2n) is 3.16. The molecule has 5 nitrogen and oxygen atoms in total. The third kappa shape index (κ3) is 0.800. The van der Waals surface area contributed by atoms with E-state index in [2.05, 4.69) is 29.4 Å². The SMILES string of the molecule is CC1C(C)C1n1nn[nH]c1=O. The molecular formula is C6H10N4O. The van der Waals surface area contributed by atoms with Crippen LogP contribution in [-0.4, -0.2) is 20.2 Å². The number of nitrogens with zero attached hydrogens (tertiary/aromatic N) is 3. The molecule has 0 aliphatic heterocycles. The van der Waals surface area contributed by atoms with E-state index in [0.717, 1.165) is 0 Å². The molecule has 2 atom stereocenters. The van der Waals surface area contributed by atoms with Gasteiger partial charge in [-0.05, 0) is 22.3 Å². The van der Waals surface area contributed by atoms with E-state index in [-0.39, 0.29) is 11.7 Å². The highest BCUT2D eigenvalue weighted by Crippen LogP contribution is 2.48. The van der Waals surface area contributed by atoms with Gasteiger partial charge in [-0.15, -0.1) is 0 Å². The van der Waals surface area contributed by atoms with Gasteiger partial charge in [0.25, 0.3) is 0 Å². The molecule has 1 aliphatic rings. The van der Waals surface area contributed by atoms with Gasteiger partial charge in [0.2, 0.25) is 0 Å². The Labute approximate surface area is 63.4 Å². The zero-order valence-electron chi connectivity index (χ0n) is 6.48. The maximum atomic E-state index is 11.0. The van der Waals surface area contributed by atoms with Crippen LogP contribution in [0.3, 0.4) is 0 Å². The third-order valence-electron chi connectivity index (χ3n) is 2.54. The van der Waals surface area contributed by atoms with Crippen LogP contribution < -0.4 is 5.69 Å². The van der Waals surface area contributed by atoms with Gasteiger partial charge >= 0.3 is 5.69 Å². The first-order chi connectivity index (χ1) is 5.22. The predicted molar refractivity (Wildman–Crippen MR) is 38.0 cm³/mol. The fourth-order valence-corrected chi connectivity index (χ4v) is 1.48. The minimum absolute atomic E-state index is 0.203. The summed E-state index contributed by atoms with van der Waals surface area (Å²) in [4.78, 5) is 11.0. The molecule has 0 spiro atoms. The predicted octanol–water partition coefficient (Wildman–Crippen LogP) is -0.207. The molecular weight excluding hydrogens is 144 g/mol. The van der Waals surface area contributed by atoms with Crippen LogP contribution in [0, 0.1) is 11.8 Å². The Morgan fingerprint density at radius 3 is 2.45 bits per heavy atom. The van der Waals surface area contributed by atoms with Crippen LogP contribution in [0.1, 0.15) is 19.9 Å². The van der Waals surface area contributed by atoms with Gasteiger partial charge in [-0.25, -0.2) is 9.89 Å². The molecule has 1 aromatic heterocycles. The monoisotopic (exact) mass is 154 g/mol. The second kappa shape index (κ2) is 1.93. The summed E-state index contributed by atoms with van der Waals surface area (Å²) < 4.78 is 1.43. The van der Waals surface area contributed by atoms with Crippen molar-refractivity contribution in [1.82, 2.24) is 20.2 Å². The van der Waals surface area contributed by atoms with Crippen molar-refractivity contribution in [3.8, 4) is 0 Å². The van der Waals surface area contributed by atoms with Gasteiger partial charge in [0.1, 0.15) is 0 Å². The van der Waals surface area contributed by atoms with Crippen molar-refractivity contribution in [3.05, 3.63) is 10.5 Å². The highest BCUT2D eigenvalue weighted by molar-refractivity contribution is 4.94. The molecule has 0 aromatic carbocycles. The number of rotatable bonds is 1. The number of aromatic nitrogens is 4. The Hall–Kier alpha value is -1.13. The number of aromatic amines is 1. The van der Waals surface area contributed by atoms with E-state index < -0.39 is 0 Å². The Kier molecular flexibility index (Phi) is 1.15. The molecule has 0 amide bonds. The van der Waals surface area contributed by atoms with E-state index in [1.165, 1.54) is 4.68 Å². The van der Waals surface area contributed by atoms with Crippen molar-refractivity contribution >= 4 is 0 Å². The van der Waals surface area contributed by atoms with Gasteiger partial charge in [-0.1, -0.05) is 13.8 Å². The average Bonchev–Trinajstić information content (AvgIpc) is 2.44. The zero-order chi connectivity index (χ0) is 8.01. The van der Waals surface area contributed by atoms with E-state index in [1.54, 1.807) is 0 Å². The highest BCUT2D eigenvalue weighted by Gasteiger charge is 2.46. The first-order valence-electron chi connectivity index (χ1n) is 3.71. The molecule has 1 heterocycles. The Morgan fingerprint density at radius 1 is 1.45 bits per heavy atom. The first kappa shape index (κ1) is 6.57. The normalized spacial score (nSPS) is 35.6. The topological polar surface area (TPSA) is 63.6 Å². The van der Waals surface area contributed by atoms with Gasteiger partial charge in [-0.2, -0.15) is 4.68 Å². The van der Waals surface area contributed by atoms with Crippen molar-refractivity contribution in [2.24, 2.45) is 11.8 Å². The largest absolute Gasteiger partial charge is 0.361 e. The molecule has 5 heteroatoms. The fourth-order valence-electron chi connectivity index (χ4n) is 1.48. The molecule has 11 heavy (non-hydrogen) atoms. The van der Waals surface area contributed by atoms with Crippen molar-refractivity contribution < 1.29 is 0 Å². The zero-order valence-corrected chi connectivity index (χ0v) is 6.48. The Morgan fingerprint density at radius 2 is 2.09 bits per heavy atom. The molecule has 60 valence electrons. The van der Waals surface area contributed by atoms with Gasteiger partial charge in [0.05, 0.1) is 6.04 Å². The lowest BCUT2D eigenvalue weighted by Gasteiger charge is -1.90. The van der Waals surface area contributed by atoms with Gasteiger partial charge in [0.15, 0.2) is 0 Å². The van der Waals surface area contributed by atoms with Crippen LogP contribution in [0.25, 0.3) is 0 Å². The summed E-state index contributed by atoms with van der Waals surface area (Å²) in [5.41, 5.74) is -0.203. The molecule has 0 bridgehead atoms. The van der Waals surface area contributed by atoms with E-state index in [9.17, 15) is 4.79 Å². The van der Waals surface area contributed by atoms with Gasteiger partial charge in [0, 0.05) is 0 Å². The summed E-state index contributed by atoms with van der Waals surface area (Å²) in [5, 5.41) is 9.38. The Balaban J connectivity index is 2.33. The minimum Gasteiger partial charge on any atom is -0.245 e. The molecule has 0 saturated heterocycles. The number of tetrazole rings is 1. The summed E-state index contributed by atoms with van der Waals surface area (Å²) in [5.74, 6) is 1.11. The average molecular weight is 154 g/mol. The van der Waals surface area contributed by atoms with Gasteiger partial charge < -0.3 is 0 Å².